The second-order valence-corrected chi connectivity index (χ2v) is 5.42. The number of nitriles is 1. The van der Waals surface area contributed by atoms with Crippen LogP contribution in [-0.2, 0) is 7.05 Å². The van der Waals surface area contributed by atoms with Gasteiger partial charge in [-0.05, 0) is 18.2 Å². The Morgan fingerprint density at radius 2 is 2.00 bits per heavy atom. The average molecular weight is 281 g/mol. The number of nitrogens with one attached hydrogen (secondary N) is 1. The van der Waals surface area contributed by atoms with Gasteiger partial charge in [0.1, 0.15) is 21.6 Å². The zero-order chi connectivity index (χ0) is 14.1. The Morgan fingerprint density at radius 3 is 2.70 bits per heavy atom. The van der Waals surface area contributed by atoms with Crippen LogP contribution in [0.25, 0.3) is 10.2 Å². The summed E-state index contributed by atoms with van der Waals surface area (Å²) in [6.45, 7) is 0. The van der Waals surface area contributed by atoms with Crippen LogP contribution in [0.4, 0.5) is 11.5 Å². The van der Waals surface area contributed by atoms with Crippen molar-refractivity contribution >= 4 is 33.1 Å². The molecule has 0 unspecified atom stereocenters. The van der Waals surface area contributed by atoms with Crippen LogP contribution in [0.2, 0.25) is 0 Å². The first-order chi connectivity index (χ1) is 9.69. The van der Waals surface area contributed by atoms with Gasteiger partial charge in [-0.15, -0.1) is 11.3 Å². The van der Waals surface area contributed by atoms with Gasteiger partial charge in [0.15, 0.2) is 5.43 Å². The molecule has 3 rings (SSSR count). The fourth-order valence-electron chi connectivity index (χ4n) is 2.06. The number of nitrogens with zero attached hydrogens (tertiary/aromatic N) is 2. The zero-order valence-corrected chi connectivity index (χ0v) is 11.6. The lowest BCUT2D eigenvalue weighted by Crippen LogP contribution is -2.09. The standard InChI is InChI=1S/C15H11N3OS/c1-18-14(17-10-5-3-2-4-6-10)8-13(19)12-7-11(9-16)20-15(12)18/h2-8,17H,1H3. The Hall–Kier alpha value is -2.58. The molecule has 0 amide bonds. The molecule has 1 aromatic carbocycles. The predicted molar refractivity (Wildman–Crippen MR) is 81.5 cm³/mol. The molecule has 0 fully saturated rings. The van der Waals surface area contributed by atoms with E-state index in [4.69, 9.17) is 5.26 Å². The summed E-state index contributed by atoms with van der Waals surface area (Å²) in [6, 6.07) is 15.0. The van der Waals surface area contributed by atoms with Gasteiger partial charge in [-0.25, -0.2) is 0 Å². The molecule has 4 nitrogen and oxygen atoms in total. The number of rotatable bonds is 2. The number of thiophene rings is 1. The predicted octanol–water partition coefficient (Wildman–Crippen LogP) is 3.22. The Bertz CT molecular complexity index is 872. The molecule has 0 aliphatic rings. The number of aromatic nitrogens is 1. The maximum absolute atomic E-state index is 12.1. The summed E-state index contributed by atoms with van der Waals surface area (Å²) in [5.41, 5.74) is 0.841. The van der Waals surface area contributed by atoms with Gasteiger partial charge in [-0.3, -0.25) is 4.79 Å². The van der Waals surface area contributed by atoms with Crippen molar-refractivity contribution in [1.82, 2.24) is 4.57 Å². The maximum Gasteiger partial charge on any atom is 0.192 e. The number of pyridine rings is 1. The second kappa shape index (κ2) is 4.83. The molecule has 98 valence electrons. The molecule has 2 heterocycles. The van der Waals surface area contributed by atoms with E-state index in [1.54, 1.807) is 12.1 Å². The summed E-state index contributed by atoms with van der Waals surface area (Å²) >= 11 is 1.32. The van der Waals surface area contributed by atoms with Crippen molar-refractivity contribution in [3.8, 4) is 6.07 Å². The lowest BCUT2D eigenvalue weighted by atomic mass is 10.3. The fourth-order valence-corrected chi connectivity index (χ4v) is 3.00. The summed E-state index contributed by atoms with van der Waals surface area (Å²) < 4.78 is 1.90. The minimum absolute atomic E-state index is 0.0747. The molecule has 0 aliphatic carbocycles. The summed E-state index contributed by atoms with van der Waals surface area (Å²) in [7, 11) is 1.88. The molecule has 3 aromatic rings. The molecular formula is C15H11N3OS. The van der Waals surface area contributed by atoms with Crippen LogP contribution in [0, 0.1) is 11.3 Å². The van der Waals surface area contributed by atoms with E-state index in [1.165, 1.54) is 11.3 Å². The average Bonchev–Trinajstić information content (AvgIpc) is 2.91. The van der Waals surface area contributed by atoms with Crippen molar-refractivity contribution in [2.45, 2.75) is 0 Å². The highest BCUT2D eigenvalue weighted by Gasteiger charge is 2.10. The highest BCUT2D eigenvalue weighted by atomic mass is 32.1. The van der Waals surface area contributed by atoms with E-state index in [1.807, 2.05) is 41.9 Å². The van der Waals surface area contributed by atoms with Crippen molar-refractivity contribution in [2.75, 3.05) is 5.32 Å². The molecule has 0 saturated carbocycles. The monoisotopic (exact) mass is 281 g/mol. The lowest BCUT2D eigenvalue weighted by molar-refractivity contribution is 0.969. The van der Waals surface area contributed by atoms with Gasteiger partial charge in [0.2, 0.25) is 0 Å². The van der Waals surface area contributed by atoms with Gasteiger partial charge in [-0.2, -0.15) is 5.26 Å². The number of hydrogen-bond donors (Lipinski definition) is 1. The quantitative estimate of drug-likeness (QED) is 0.784. The molecule has 5 heteroatoms. The van der Waals surface area contributed by atoms with Crippen LogP contribution >= 0.6 is 11.3 Å². The molecule has 1 N–H and O–H groups in total. The van der Waals surface area contributed by atoms with E-state index in [0.717, 1.165) is 10.5 Å². The van der Waals surface area contributed by atoms with Crippen LogP contribution in [0.3, 0.4) is 0 Å². The topological polar surface area (TPSA) is 57.8 Å². The normalized spacial score (nSPS) is 10.4. The van der Waals surface area contributed by atoms with E-state index in [-0.39, 0.29) is 5.43 Å². The minimum atomic E-state index is -0.0747. The number of para-hydroxylation sites is 1. The Morgan fingerprint density at radius 1 is 1.25 bits per heavy atom. The smallest absolute Gasteiger partial charge is 0.192 e. The molecular weight excluding hydrogens is 270 g/mol. The molecule has 0 atom stereocenters. The number of hydrogen-bond acceptors (Lipinski definition) is 4. The van der Waals surface area contributed by atoms with E-state index < -0.39 is 0 Å². The lowest BCUT2D eigenvalue weighted by Gasteiger charge is -2.12. The van der Waals surface area contributed by atoms with Crippen molar-refractivity contribution in [3.63, 3.8) is 0 Å². The fraction of sp³-hybridized carbons (Fsp3) is 0.0667. The number of anilines is 2. The maximum atomic E-state index is 12.1. The summed E-state index contributed by atoms with van der Waals surface area (Å²) in [5, 5.41) is 12.8. The minimum Gasteiger partial charge on any atom is -0.342 e. The summed E-state index contributed by atoms with van der Waals surface area (Å²) in [5.74, 6) is 0.708. The van der Waals surface area contributed by atoms with Crippen LogP contribution in [-0.4, -0.2) is 4.57 Å². The summed E-state index contributed by atoms with van der Waals surface area (Å²) in [4.78, 5) is 13.5. The third-order valence-corrected chi connectivity index (χ3v) is 4.18. The van der Waals surface area contributed by atoms with E-state index >= 15 is 0 Å². The zero-order valence-electron chi connectivity index (χ0n) is 10.8. The SMILES string of the molecule is Cn1c(Nc2ccccc2)cc(=O)c2cc(C#N)sc21. The molecule has 20 heavy (non-hydrogen) atoms. The Labute approximate surface area is 119 Å². The highest BCUT2D eigenvalue weighted by Crippen LogP contribution is 2.25. The summed E-state index contributed by atoms with van der Waals surface area (Å²) in [6.07, 6.45) is 0. The second-order valence-electron chi connectivity index (χ2n) is 4.39. The first-order valence-corrected chi connectivity index (χ1v) is 6.86. The highest BCUT2D eigenvalue weighted by molar-refractivity contribution is 7.19. The van der Waals surface area contributed by atoms with Gasteiger partial charge in [0, 0.05) is 18.8 Å². The Kier molecular flexibility index (Phi) is 3.01. The Balaban J connectivity index is 2.15. The van der Waals surface area contributed by atoms with E-state index in [0.29, 0.717) is 16.1 Å². The molecule has 0 radical (unpaired) electrons. The molecule has 2 aromatic heterocycles. The van der Waals surface area contributed by atoms with Crippen LogP contribution in [0.5, 0.6) is 0 Å². The van der Waals surface area contributed by atoms with E-state index in [2.05, 4.69) is 11.4 Å². The van der Waals surface area contributed by atoms with Crippen LogP contribution in [0.1, 0.15) is 4.88 Å². The number of benzene rings is 1. The van der Waals surface area contributed by atoms with Crippen molar-refractivity contribution in [3.05, 3.63) is 57.6 Å². The first-order valence-electron chi connectivity index (χ1n) is 6.05. The molecule has 0 bridgehead atoms. The third kappa shape index (κ3) is 2.06. The van der Waals surface area contributed by atoms with E-state index in [9.17, 15) is 4.79 Å². The van der Waals surface area contributed by atoms with Gasteiger partial charge >= 0.3 is 0 Å². The van der Waals surface area contributed by atoms with Gasteiger partial charge in [-0.1, -0.05) is 18.2 Å². The van der Waals surface area contributed by atoms with Crippen molar-refractivity contribution < 1.29 is 0 Å². The molecule has 0 aliphatic heterocycles. The van der Waals surface area contributed by atoms with Crippen LogP contribution < -0.4 is 10.7 Å². The number of aryl methyl sites for hydroxylation is 1. The first kappa shape index (κ1) is 12.5. The van der Waals surface area contributed by atoms with Gasteiger partial charge in [0.05, 0.1) is 5.39 Å². The van der Waals surface area contributed by atoms with Crippen molar-refractivity contribution in [2.24, 2.45) is 7.05 Å². The number of fused-ring (bicyclic) bond motifs is 1. The van der Waals surface area contributed by atoms with Gasteiger partial charge < -0.3 is 9.88 Å². The largest absolute Gasteiger partial charge is 0.342 e. The van der Waals surface area contributed by atoms with Crippen LogP contribution in [0.15, 0.2) is 47.3 Å². The third-order valence-electron chi connectivity index (χ3n) is 3.07. The van der Waals surface area contributed by atoms with Crippen molar-refractivity contribution in [1.29, 1.82) is 5.26 Å². The molecule has 0 spiro atoms. The molecule has 0 saturated heterocycles. The van der Waals surface area contributed by atoms with Gasteiger partial charge in [0.25, 0.3) is 0 Å².